The Morgan fingerprint density at radius 3 is 2.86 bits per heavy atom. The Kier molecular flexibility index (Phi) is 5.47. The number of rotatable bonds is 2. The van der Waals surface area contributed by atoms with E-state index in [-0.39, 0.29) is 24.8 Å². The SMILES string of the molecule is Cl.Cl.c1ccc(-c2nc(-c3nnc4n3CCNC4)cs2)nc1. The van der Waals surface area contributed by atoms with E-state index >= 15 is 0 Å². The Morgan fingerprint density at radius 2 is 2.05 bits per heavy atom. The summed E-state index contributed by atoms with van der Waals surface area (Å²) >= 11 is 1.58. The first kappa shape index (κ1) is 16.8. The van der Waals surface area contributed by atoms with Gasteiger partial charge in [-0.1, -0.05) is 6.07 Å². The first-order valence-corrected chi connectivity index (χ1v) is 7.30. The van der Waals surface area contributed by atoms with Crippen LogP contribution in [-0.4, -0.2) is 31.3 Å². The zero-order valence-electron chi connectivity index (χ0n) is 11.5. The van der Waals surface area contributed by atoms with Gasteiger partial charge in [-0.15, -0.1) is 46.3 Å². The van der Waals surface area contributed by atoms with Crippen molar-refractivity contribution in [3.63, 3.8) is 0 Å². The van der Waals surface area contributed by atoms with Gasteiger partial charge >= 0.3 is 0 Å². The third-order valence-electron chi connectivity index (χ3n) is 3.24. The lowest BCUT2D eigenvalue weighted by Gasteiger charge is -2.15. The average Bonchev–Trinajstić information content (AvgIpc) is 3.14. The van der Waals surface area contributed by atoms with Crippen molar-refractivity contribution in [2.24, 2.45) is 0 Å². The van der Waals surface area contributed by atoms with Crippen molar-refractivity contribution >= 4 is 36.2 Å². The number of aromatic nitrogens is 5. The molecule has 1 aliphatic rings. The molecule has 0 saturated carbocycles. The Morgan fingerprint density at radius 1 is 1.14 bits per heavy atom. The number of thiazole rings is 1. The van der Waals surface area contributed by atoms with E-state index in [1.54, 1.807) is 17.5 Å². The smallest absolute Gasteiger partial charge is 0.183 e. The second-order valence-corrected chi connectivity index (χ2v) is 5.38. The van der Waals surface area contributed by atoms with Gasteiger partial charge in [-0.25, -0.2) is 4.98 Å². The van der Waals surface area contributed by atoms with Crippen LogP contribution >= 0.6 is 36.2 Å². The van der Waals surface area contributed by atoms with Crippen molar-refractivity contribution in [2.75, 3.05) is 6.54 Å². The molecule has 0 bridgehead atoms. The molecule has 0 atom stereocenters. The van der Waals surface area contributed by atoms with Gasteiger partial charge in [0.1, 0.15) is 16.5 Å². The van der Waals surface area contributed by atoms with Crippen LogP contribution in [0.15, 0.2) is 29.8 Å². The fourth-order valence-corrected chi connectivity index (χ4v) is 3.04. The summed E-state index contributed by atoms with van der Waals surface area (Å²) in [5, 5.41) is 14.7. The molecule has 0 radical (unpaired) electrons. The van der Waals surface area contributed by atoms with Gasteiger partial charge in [-0.3, -0.25) is 4.98 Å². The van der Waals surface area contributed by atoms with E-state index in [1.165, 1.54) is 0 Å². The van der Waals surface area contributed by atoms with Crippen molar-refractivity contribution in [1.29, 1.82) is 0 Å². The molecule has 116 valence electrons. The van der Waals surface area contributed by atoms with Gasteiger partial charge in [0.25, 0.3) is 0 Å². The summed E-state index contributed by atoms with van der Waals surface area (Å²) < 4.78 is 2.13. The lowest BCUT2D eigenvalue weighted by molar-refractivity contribution is 0.508. The molecule has 22 heavy (non-hydrogen) atoms. The van der Waals surface area contributed by atoms with Crippen LogP contribution in [-0.2, 0) is 13.1 Å². The van der Waals surface area contributed by atoms with E-state index in [0.29, 0.717) is 0 Å². The third-order valence-corrected chi connectivity index (χ3v) is 4.10. The molecule has 0 fully saturated rings. The normalized spacial score (nSPS) is 12.9. The zero-order valence-corrected chi connectivity index (χ0v) is 13.9. The fraction of sp³-hybridized carbons (Fsp3) is 0.231. The Bertz CT molecular complexity index is 742. The van der Waals surface area contributed by atoms with Crippen LogP contribution in [0.5, 0.6) is 0 Å². The van der Waals surface area contributed by atoms with Crippen molar-refractivity contribution in [2.45, 2.75) is 13.1 Å². The molecule has 0 spiro atoms. The van der Waals surface area contributed by atoms with Crippen molar-refractivity contribution < 1.29 is 0 Å². The van der Waals surface area contributed by atoms with Crippen molar-refractivity contribution in [3.8, 4) is 22.2 Å². The van der Waals surface area contributed by atoms with E-state index in [2.05, 4.69) is 30.0 Å². The van der Waals surface area contributed by atoms with Crippen LogP contribution in [0.4, 0.5) is 0 Å². The molecule has 3 aromatic heterocycles. The molecule has 0 aliphatic carbocycles. The van der Waals surface area contributed by atoms with E-state index in [1.807, 2.05) is 23.6 Å². The molecular formula is C13H14Cl2N6S. The van der Waals surface area contributed by atoms with Gasteiger partial charge < -0.3 is 9.88 Å². The largest absolute Gasteiger partial charge is 0.308 e. The van der Waals surface area contributed by atoms with Gasteiger partial charge in [0.15, 0.2) is 5.82 Å². The lowest BCUT2D eigenvalue weighted by atomic mass is 10.3. The fourth-order valence-electron chi connectivity index (χ4n) is 2.26. The summed E-state index contributed by atoms with van der Waals surface area (Å²) in [5.41, 5.74) is 1.76. The minimum Gasteiger partial charge on any atom is -0.308 e. The molecule has 1 N–H and O–H groups in total. The third kappa shape index (κ3) is 2.98. The van der Waals surface area contributed by atoms with Crippen molar-refractivity contribution in [1.82, 2.24) is 30.0 Å². The molecule has 9 heteroatoms. The van der Waals surface area contributed by atoms with Crippen LogP contribution in [0.3, 0.4) is 0 Å². The summed E-state index contributed by atoms with van der Waals surface area (Å²) in [5.74, 6) is 1.82. The lowest BCUT2D eigenvalue weighted by Crippen LogP contribution is -2.28. The number of halogens is 2. The van der Waals surface area contributed by atoms with E-state index in [9.17, 15) is 0 Å². The highest BCUT2D eigenvalue weighted by Crippen LogP contribution is 2.27. The quantitative estimate of drug-likeness (QED) is 0.763. The molecule has 0 unspecified atom stereocenters. The topological polar surface area (TPSA) is 68.5 Å². The minimum atomic E-state index is 0. The van der Waals surface area contributed by atoms with Crippen LogP contribution in [0, 0.1) is 0 Å². The summed E-state index contributed by atoms with van der Waals surface area (Å²) in [6.45, 7) is 2.59. The second-order valence-electron chi connectivity index (χ2n) is 4.52. The first-order valence-electron chi connectivity index (χ1n) is 6.42. The molecule has 6 nitrogen and oxygen atoms in total. The molecule has 3 aromatic rings. The highest BCUT2D eigenvalue weighted by molar-refractivity contribution is 7.13. The monoisotopic (exact) mass is 356 g/mol. The maximum Gasteiger partial charge on any atom is 0.183 e. The minimum absolute atomic E-state index is 0. The molecule has 1 aliphatic heterocycles. The number of fused-ring (bicyclic) bond motifs is 1. The van der Waals surface area contributed by atoms with Crippen LogP contribution in [0.25, 0.3) is 22.2 Å². The summed E-state index contributed by atoms with van der Waals surface area (Å²) in [4.78, 5) is 8.97. The summed E-state index contributed by atoms with van der Waals surface area (Å²) in [7, 11) is 0. The number of pyridine rings is 1. The van der Waals surface area contributed by atoms with Gasteiger partial charge in [0.2, 0.25) is 0 Å². The standard InChI is InChI=1S/C13H12N6S.2ClH/c1-2-4-15-9(3-1)13-16-10(8-20-13)12-18-17-11-7-14-5-6-19(11)12;;/h1-4,8,14H,5-7H2;2*1H. The van der Waals surface area contributed by atoms with E-state index < -0.39 is 0 Å². The molecular weight excluding hydrogens is 343 g/mol. The predicted molar refractivity (Wildman–Crippen MR) is 90.6 cm³/mol. The van der Waals surface area contributed by atoms with Gasteiger partial charge in [0.05, 0.1) is 12.2 Å². The van der Waals surface area contributed by atoms with Gasteiger partial charge in [0, 0.05) is 24.7 Å². The first-order chi connectivity index (χ1) is 9.92. The summed E-state index contributed by atoms with van der Waals surface area (Å²) in [6.07, 6.45) is 1.78. The van der Waals surface area contributed by atoms with Gasteiger partial charge in [-0.05, 0) is 12.1 Å². The number of nitrogens with zero attached hydrogens (tertiary/aromatic N) is 5. The van der Waals surface area contributed by atoms with E-state index in [0.717, 1.165) is 47.7 Å². The van der Waals surface area contributed by atoms with E-state index in [4.69, 9.17) is 0 Å². The molecule has 0 saturated heterocycles. The Hall–Kier alpha value is -1.54. The maximum atomic E-state index is 4.64. The molecule has 0 amide bonds. The zero-order chi connectivity index (χ0) is 13.4. The average molecular weight is 357 g/mol. The van der Waals surface area contributed by atoms with Crippen LogP contribution in [0.2, 0.25) is 0 Å². The second kappa shape index (κ2) is 7.15. The Balaban J connectivity index is 0.000000882. The number of nitrogens with one attached hydrogen (secondary N) is 1. The van der Waals surface area contributed by atoms with Crippen LogP contribution < -0.4 is 5.32 Å². The number of hydrogen-bond acceptors (Lipinski definition) is 6. The van der Waals surface area contributed by atoms with Crippen molar-refractivity contribution in [3.05, 3.63) is 35.6 Å². The van der Waals surface area contributed by atoms with Crippen LogP contribution in [0.1, 0.15) is 5.82 Å². The molecule has 4 rings (SSSR count). The predicted octanol–water partition coefficient (Wildman–Crippen LogP) is 2.41. The highest BCUT2D eigenvalue weighted by Gasteiger charge is 2.18. The maximum absolute atomic E-state index is 4.64. The number of hydrogen-bond donors (Lipinski definition) is 1. The summed E-state index contributed by atoms with van der Waals surface area (Å²) in [6, 6.07) is 5.83. The molecule has 0 aromatic carbocycles. The molecule has 4 heterocycles. The Labute approximate surface area is 143 Å². The highest BCUT2D eigenvalue weighted by atomic mass is 35.5. The van der Waals surface area contributed by atoms with Gasteiger partial charge in [-0.2, -0.15) is 0 Å².